The lowest BCUT2D eigenvalue weighted by molar-refractivity contribution is -0.141. The molecule has 0 bridgehead atoms. The molecule has 80 valence electrons. The molecular formula is C10H21ClO2. The smallest absolute Gasteiger partial charge is 0.306 e. The van der Waals surface area contributed by atoms with Crippen LogP contribution in [0.3, 0.4) is 0 Å². The third-order valence-electron chi connectivity index (χ3n) is 2.16. The van der Waals surface area contributed by atoms with E-state index >= 15 is 0 Å². The van der Waals surface area contributed by atoms with Crippen molar-refractivity contribution in [2.45, 2.75) is 52.4 Å². The van der Waals surface area contributed by atoms with Crippen LogP contribution >= 0.6 is 12.4 Å². The van der Waals surface area contributed by atoms with Crippen LogP contribution in [0.4, 0.5) is 0 Å². The summed E-state index contributed by atoms with van der Waals surface area (Å²) in [6.07, 6.45) is 6.86. The van der Waals surface area contributed by atoms with Crippen molar-refractivity contribution >= 4 is 18.4 Å². The molecule has 0 aromatic rings. The SMILES string of the molecule is CCCCCCCC(C)C(=O)O.Cl. The van der Waals surface area contributed by atoms with E-state index in [0.29, 0.717) is 0 Å². The van der Waals surface area contributed by atoms with Crippen LogP contribution in [0, 0.1) is 5.92 Å². The number of halogens is 1. The summed E-state index contributed by atoms with van der Waals surface area (Å²) in [7, 11) is 0. The Kier molecular flexibility index (Phi) is 11.5. The molecule has 0 saturated carbocycles. The molecular weight excluding hydrogens is 188 g/mol. The molecule has 0 aliphatic carbocycles. The van der Waals surface area contributed by atoms with Gasteiger partial charge in [-0.05, 0) is 6.42 Å². The molecule has 0 saturated heterocycles. The van der Waals surface area contributed by atoms with Crippen molar-refractivity contribution in [1.29, 1.82) is 0 Å². The second kappa shape index (κ2) is 9.85. The van der Waals surface area contributed by atoms with Gasteiger partial charge in [-0.15, -0.1) is 12.4 Å². The van der Waals surface area contributed by atoms with Crippen molar-refractivity contribution in [2.24, 2.45) is 5.92 Å². The summed E-state index contributed by atoms with van der Waals surface area (Å²) in [5.74, 6) is -0.822. The Morgan fingerprint density at radius 3 is 2.23 bits per heavy atom. The standard InChI is InChI=1S/C10H20O2.ClH/c1-3-4-5-6-7-8-9(2)10(11)12;/h9H,3-8H2,1-2H3,(H,11,12);1H. The largest absolute Gasteiger partial charge is 0.481 e. The van der Waals surface area contributed by atoms with Gasteiger partial charge in [-0.25, -0.2) is 0 Å². The lowest BCUT2D eigenvalue weighted by atomic mass is 10.0. The van der Waals surface area contributed by atoms with Gasteiger partial charge in [0.05, 0.1) is 5.92 Å². The molecule has 0 amide bonds. The van der Waals surface area contributed by atoms with Crippen LogP contribution in [0.5, 0.6) is 0 Å². The van der Waals surface area contributed by atoms with E-state index in [-0.39, 0.29) is 18.3 Å². The highest BCUT2D eigenvalue weighted by Crippen LogP contribution is 2.10. The topological polar surface area (TPSA) is 37.3 Å². The minimum Gasteiger partial charge on any atom is -0.481 e. The van der Waals surface area contributed by atoms with Gasteiger partial charge in [0.15, 0.2) is 0 Å². The lowest BCUT2D eigenvalue weighted by Gasteiger charge is -2.04. The fourth-order valence-electron chi connectivity index (χ4n) is 1.18. The van der Waals surface area contributed by atoms with E-state index in [9.17, 15) is 4.79 Å². The van der Waals surface area contributed by atoms with Crippen molar-refractivity contribution in [3.8, 4) is 0 Å². The maximum absolute atomic E-state index is 10.4. The van der Waals surface area contributed by atoms with Crippen LogP contribution in [0.2, 0.25) is 0 Å². The molecule has 0 aliphatic heterocycles. The fourth-order valence-corrected chi connectivity index (χ4v) is 1.18. The Hall–Kier alpha value is -0.240. The molecule has 0 fully saturated rings. The van der Waals surface area contributed by atoms with Gasteiger partial charge < -0.3 is 5.11 Å². The molecule has 1 atom stereocenters. The lowest BCUT2D eigenvalue weighted by Crippen LogP contribution is -2.08. The third-order valence-corrected chi connectivity index (χ3v) is 2.16. The number of aliphatic carboxylic acids is 1. The van der Waals surface area contributed by atoms with Gasteiger partial charge >= 0.3 is 5.97 Å². The maximum atomic E-state index is 10.4. The van der Waals surface area contributed by atoms with E-state index in [4.69, 9.17) is 5.11 Å². The Morgan fingerprint density at radius 2 is 1.77 bits per heavy atom. The van der Waals surface area contributed by atoms with E-state index in [0.717, 1.165) is 12.8 Å². The number of carboxylic acid groups (broad SMARTS) is 1. The van der Waals surface area contributed by atoms with Crippen molar-refractivity contribution in [3.05, 3.63) is 0 Å². The molecule has 0 spiro atoms. The predicted octanol–water partition coefficient (Wildman–Crippen LogP) is 3.49. The Balaban J connectivity index is 0. The maximum Gasteiger partial charge on any atom is 0.306 e. The summed E-state index contributed by atoms with van der Waals surface area (Å²) in [4.78, 5) is 10.4. The predicted molar refractivity (Wildman–Crippen MR) is 57.4 cm³/mol. The molecule has 0 aromatic carbocycles. The zero-order valence-corrected chi connectivity index (χ0v) is 9.40. The molecule has 13 heavy (non-hydrogen) atoms. The van der Waals surface area contributed by atoms with E-state index in [2.05, 4.69) is 6.92 Å². The molecule has 0 aromatic heterocycles. The molecule has 0 aliphatic rings. The minimum absolute atomic E-state index is 0. The highest BCUT2D eigenvalue weighted by molar-refractivity contribution is 5.85. The van der Waals surface area contributed by atoms with Gasteiger partial charge in [0.2, 0.25) is 0 Å². The van der Waals surface area contributed by atoms with E-state index in [1.807, 2.05) is 0 Å². The first-order valence-electron chi connectivity index (χ1n) is 4.91. The minimum atomic E-state index is -0.662. The Morgan fingerprint density at radius 1 is 1.23 bits per heavy atom. The van der Waals surface area contributed by atoms with Crippen LogP contribution in [0.1, 0.15) is 52.4 Å². The fraction of sp³-hybridized carbons (Fsp3) is 0.900. The van der Waals surface area contributed by atoms with Crippen LogP contribution in [0.25, 0.3) is 0 Å². The quantitative estimate of drug-likeness (QED) is 0.651. The zero-order chi connectivity index (χ0) is 9.40. The molecule has 3 heteroatoms. The van der Waals surface area contributed by atoms with Crippen molar-refractivity contribution in [1.82, 2.24) is 0 Å². The van der Waals surface area contributed by atoms with Gasteiger partial charge in [0, 0.05) is 0 Å². The van der Waals surface area contributed by atoms with Crippen LogP contribution in [0.15, 0.2) is 0 Å². The molecule has 1 unspecified atom stereocenters. The number of hydrogen-bond acceptors (Lipinski definition) is 1. The zero-order valence-electron chi connectivity index (χ0n) is 8.58. The number of unbranched alkanes of at least 4 members (excludes halogenated alkanes) is 4. The van der Waals surface area contributed by atoms with E-state index in [1.54, 1.807) is 6.92 Å². The summed E-state index contributed by atoms with van der Waals surface area (Å²) < 4.78 is 0. The molecule has 0 rings (SSSR count). The molecule has 2 nitrogen and oxygen atoms in total. The third kappa shape index (κ3) is 9.68. The first-order chi connectivity index (χ1) is 5.68. The molecule has 0 radical (unpaired) electrons. The van der Waals surface area contributed by atoms with Gasteiger partial charge in [-0.3, -0.25) is 4.79 Å². The second-order valence-corrected chi connectivity index (χ2v) is 3.44. The summed E-state index contributed by atoms with van der Waals surface area (Å²) in [6, 6.07) is 0. The number of carbonyl (C=O) groups is 1. The van der Waals surface area contributed by atoms with Crippen molar-refractivity contribution < 1.29 is 9.90 Å². The molecule has 1 N–H and O–H groups in total. The van der Waals surface area contributed by atoms with E-state index in [1.165, 1.54) is 25.7 Å². The second-order valence-electron chi connectivity index (χ2n) is 3.44. The first kappa shape index (κ1) is 15.2. The average molecular weight is 209 g/mol. The Labute approximate surface area is 87.1 Å². The van der Waals surface area contributed by atoms with Gasteiger partial charge in [-0.2, -0.15) is 0 Å². The van der Waals surface area contributed by atoms with Crippen LogP contribution in [-0.4, -0.2) is 11.1 Å². The van der Waals surface area contributed by atoms with Crippen LogP contribution in [-0.2, 0) is 4.79 Å². The monoisotopic (exact) mass is 208 g/mol. The summed E-state index contributed by atoms with van der Waals surface area (Å²) in [6.45, 7) is 3.96. The van der Waals surface area contributed by atoms with Gasteiger partial charge in [0.25, 0.3) is 0 Å². The first-order valence-corrected chi connectivity index (χ1v) is 4.91. The number of rotatable bonds is 7. The Bertz CT molecular complexity index is 126. The highest BCUT2D eigenvalue weighted by Gasteiger charge is 2.08. The normalized spacial score (nSPS) is 11.8. The van der Waals surface area contributed by atoms with Crippen molar-refractivity contribution in [2.75, 3.05) is 0 Å². The van der Waals surface area contributed by atoms with Crippen LogP contribution < -0.4 is 0 Å². The summed E-state index contributed by atoms with van der Waals surface area (Å²) in [5, 5.41) is 8.58. The summed E-state index contributed by atoms with van der Waals surface area (Å²) in [5.41, 5.74) is 0. The number of hydrogen-bond donors (Lipinski definition) is 1. The number of carboxylic acids is 1. The molecule has 0 heterocycles. The van der Waals surface area contributed by atoms with E-state index < -0.39 is 5.97 Å². The summed E-state index contributed by atoms with van der Waals surface area (Å²) >= 11 is 0. The van der Waals surface area contributed by atoms with Gasteiger partial charge in [0.1, 0.15) is 0 Å². The van der Waals surface area contributed by atoms with Crippen molar-refractivity contribution in [3.63, 3.8) is 0 Å². The highest BCUT2D eigenvalue weighted by atomic mass is 35.5. The average Bonchev–Trinajstić information content (AvgIpc) is 2.03. The van der Waals surface area contributed by atoms with Gasteiger partial charge in [-0.1, -0.05) is 46.0 Å².